The van der Waals surface area contributed by atoms with E-state index in [9.17, 15) is 23.7 Å². The Morgan fingerprint density at radius 3 is 2.38 bits per heavy atom. The van der Waals surface area contributed by atoms with Gasteiger partial charge in [0.05, 0.1) is 17.7 Å². The first-order valence-electron chi connectivity index (χ1n) is 8.08. The van der Waals surface area contributed by atoms with Gasteiger partial charge in [0.15, 0.2) is 17.3 Å². The summed E-state index contributed by atoms with van der Waals surface area (Å²) in [6.45, 7) is 0. The number of aliphatic imine (C=N–C) groups is 1. The van der Waals surface area contributed by atoms with Crippen LogP contribution in [-0.4, -0.2) is 47.3 Å². The second-order valence-corrected chi connectivity index (χ2v) is 7.40. The van der Waals surface area contributed by atoms with Crippen molar-refractivity contribution in [2.75, 3.05) is 11.8 Å². The van der Waals surface area contributed by atoms with Crippen molar-refractivity contribution in [1.29, 1.82) is 0 Å². The lowest BCUT2D eigenvalue weighted by molar-refractivity contribution is 0.392. The van der Waals surface area contributed by atoms with Crippen LogP contribution >= 0.6 is 0 Å². The van der Waals surface area contributed by atoms with Crippen LogP contribution < -0.4 is 9.46 Å². The number of nitrogens with one attached hydrogen (secondary N) is 1. The first-order valence-corrected chi connectivity index (χ1v) is 9.56. The van der Waals surface area contributed by atoms with Gasteiger partial charge in [-0.05, 0) is 36.4 Å². The molecule has 1 aromatic heterocycles. The summed E-state index contributed by atoms with van der Waals surface area (Å²) in [5.41, 5.74) is 0.481. The molecule has 3 aromatic rings. The van der Waals surface area contributed by atoms with Gasteiger partial charge in [-0.15, -0.1) is 10.2 Å². The van der Waals surface area contributed by atoms with Gasteiger partial charge in [-0.25, -0.2) is 8.42 Å². The summed E-state index contributed by atoms with van der Waals surface area (Å²) in [7, 11) is -2.47. The third kappa shape index (κ3) is 4.71. The molecule has 4 N–H and O–H groups in total. The smallest absolute Gasteiger partial charge is 0.263 e. The van der Waals surface area contributed by atoms with E-state index in [1.165, 1.54) is 55.8 Å². The molecule has 0 saturated heterocycles. The fourth-order valence-electron chi connectivity index (χ4n) is 2.26. The maximum atomic E-state index is 12.4. The highest BCUT2D eigenvalue weighted by molar-refractivity contribution is 7.92. The summed E-state index contributed by atoms with van der Waals surface area (Å²) in [5, 5.41) is 36.1. The van der Waals surface area contributed by atoms with Gasteiger partial charge in [-0.1, -0.05) is 0 Å². The molecule has 1 heterocycles. The van der Waals surface area contributed by atoms with E-state index in [1.54, 1.807) is 0 Å². The predicted octanol–water partition coefficient (Wildman–Crippen LogP) is 2.15. The van der Waals surface area contributed by atoms with Gasteiger partial charge in [0.1, 0.15) is 5.75 Å². The second-order valence-electron chi connectivity index (χ2n) is 5.72. The summed E-state index contributed by atoms with van der Waals surface area (Å²) in [6.07, 6.45) is 1.23. The maximum Gasteiger partial charge on any atom is 0.263 e. The molecule has 0 unspecified atom stereocenters. The van der Waals surface area contributed by atoms with Crippen LogP contribution in [0.15, 0.2) is 58.4 Å². The van der Waals surface area contributed by atoms with E-state index >= 15 is 0 Å². The molecule has 150 valence electrons. The maximum absolute atomic E-state index is 12.4. The quantitative estimate of drug-likeness (QED) is 0.271. The number of hydrogen-bond donors (Lipinski definition) is 4. The zero-order valence-corrected chi connectivity index (χ0v) is 15.8. The number of ether oxygens (including phenoxy) is 1. The zero-order valence-electron chi connectivity index (χ0n) is 15.0. The summed E-state index contributed by atoms with van der Waals surface area (Å²) in [5.74, 6) is -0.875. The standard InChI is InChI=1S/C18H16N4O6S/c1-28-17-7-6-16(20-21-17)22-29(26,27)14-4-2-12(3-5-14)19-10-11-8-13(23)9-15(24)18(11)25/h2-10,23-25H,1H3,(H,20,22). The number of anilines is 1. The molecule has 0 fully saturated rings. The van der Waals surface area contributed by atoms with Crippen molar-refractivity contribution >= 4 is 27.7 Å². The Morgan fingerprint density at radius 1 is 1.03 bits per heavy atom. The normalized spacial score (nSPS) is 11.5. The van der Waals surface area contributed by atoms with Gasteiger partial charge >= 0.3 is 0 Å². The molecule has 0 aliphatic carbocycles. The van der Waals surface area contributed by atoms with Gasteiger partial charge in [-0.2, -0.15) is 0 Å². The van der Waals surface area contributed by atoms with E-state index in [4.69, 9.17) is 4.74 Å². The Balaban J connectivity index is 1.77. The topological polar surface area (TPSA) is 154 Å². The number of sulfonamides is 1. The van der Waals surface area contributed by atoms with Crippen LogP contribution in [0, 0.1) is 0 Å². The van der Waals surface area contributed by atoms with Crippen LogP contribution in [0.4, 0.5) is 11.5 Å². The molecule has 3 rings (SSSR count). The Hall–Kier alpha value is -3.86. The molecule has 29 heavy (non-hydrogen) atoms. The molecule has 0 bridgehead atoms. The average molecular weight is 416 g/mol. The van der Waals surface area contributed by atoms with Crippen molar-refractivity contribution in [1.82, 2.24) is 10.2 Å². The summed E-state index contributed by atoms with van der Waals surface area (Å²) in [4.78, 5) is 4.07. The molecule has 10 nitrogen and oxygen atoms in total. The van der Waals surface area contributed by atoms with Crippen LogP contribution in [0.5, 0.6) is 23.1 Å². The number of phenols is 3. The largest absolute Gasteiger partial charge is 0.508 e. The fourth-order valence-corrected chi connectivity index (χ4v) is 3.26. The molecule has 0 atom stereocenters. The SMILES string of the molecule is COc1ccc(NS(=O)(=O)c2ccc(N=Cc3cc(O)cc(O)c3O)cc2)nn1. The predicted molar refractivity (Wildman–Crippen MR) is 105 cm³/mol. The number of methoxy groups -OCH3 is 1. The molecule has 11 heteroatoms. The van der Waals surface area contributed by atoms with Crippen LogP contribution in [0.3, 0.4) is 0 Å². The third-order valence-electron chi connectivity index (χ3n) is 3.69. The average Bonchev–Trinajstić information content (AvgIpc) is 2.70. The van der Waals surface area contributed by atoms with Crippen LogP contribution in [0.1, 0.15) is 5.56 Å². The molecule has 0 aliphatic rings. The van der Waals surface area contributed by atoms with Gasteiger partial charge in [0.25, 0.3) is 10.0 Å². The van der Waals surface area contributed by atoms with Crippen molar-refractivity contribution in [2.24, 2.45) is 4.99 Å². The van der Waals surface area contributed by atoms with Crippen LogP contribution in [-0.2, 0) is 10.0 Å². The van der Waals surface area contributed by atoms with Gasteiger partial charge < -0.3 is 20.1 Å². The fraction of sp³-hybridized carbons (Fsp3) is 0.0556. The van der Waals surface area contributed by atoms with E-state index in [2.05, 4.69) is 19.9 Å². The van der Waals surface area contributed by atoms with Crippen LogP contribution in [0.2, 0.25) is 0 Å². The molecular formula is C18H16N4O6S. The third-order valence-corrected chi connectivity index (χ3v) is 5.06. The minimum Gasteiger partial charge on any atom is -0.508 e. The highest BCUT2D eigenvalue weighted by Crippen LogP contribution is 2.32. The zero-order chi connectivity index (χ0) is 21.0. The number of aromatic nitrogens is 2. The number of hydrogen-bond acceptors (Lipinski definition) is 9. The number of nitrogens with zero attached hydrogens (tertiary/aromatic N) is 3. The number of benzene rings is 2. The number of aromatic hydroxyl groups is 3. The molecule has 0 aliphatic heterocycles. The summed E-state index contributed by atoms with van der Waals surface area (Å²) < 4.78 is 32.0. The van der Waals surface area contributed by atoms with E-state index in [1.807, 2.05) is 0 Å². The second kappa shape index (κ2) is 8.02. The molecule has 0 spiro atoms. The Kier molecular flexibility index (Phi) is 5.50. The monoisotopic (exact) mass is 416 g/mol. The highest BCUT2D eigenvalue weighted by Gasteiger charge is 2.15. The van der Waals surface area contributed by atoms with Gasteiger partial charge in [-0.3, -0.25) is 9.71 Å². The molecule has 2 aromatic carbocycles. The summed E-state index contributed by atoms with van der Waals surface area (Å²) >= 11 is 0. The van der Waals surface area contributed by atoms with Crippen molar-refractivity contribution in [3.8, 4) is 23.1 Å². The van der Waals surface area contributed by atoms with Gasteiger partial charge in [0, 0.05) is 23.9 Å². The molecule has 0 amide bonds. The number of phenolic OH excluding ortho intramolecular Hbond substituents is 3. The lowest BCUT2D eigenvalue weighted by Crippen LogP contribution is -2.14. The molecule has 0 saturated carbocycles. The first-order chi connectivity index (χ1) is 13.8. The minimum atomic E-state index is -3.89. The van der Waals surface area contributed by atoms with Gasteiger partial charge in [0.2, 0.25) is 5.88 Å². The van der Waals surface area contributed by atoms with E-state index < -0.39 is 21.5 Å². The molecule has 0 radical (unpaired) electrons. The van der Waals surface area contributed by atoms with E-state index in [-0.39, 0.29) is 27.9 Å². The molecular weight excluding hydrogens is 400 g/mol. The first kappa shape index (κ1) is 19.9. The van der Waals surface area contributed by atoms with Crippen LogP contribution in [0.25, 0.3) is 0 Å². The van der Waals surface area contributed by atoms with Crippen molar-refractivity contribution < 1.29 is 28.5 Å². The Morgan fingerprint density at radius 2 is 1.76 bits per heavy atom. The Bertz CT molecular complexity index is 1150. The Labute approximate surface area is 165 Å². The van der Waals surface area contributed by atoms with Crippen molar-refractivity contribution in [2.45, 2.75) is 4.90 Å². The van der Waals surface area contributed by atoms with E-state index in [0.29, 0.717) is 5.69 Å². The lowest BCUT2D eigenvalue weighted by atomic mass is 10.2. The van der Waals surface area contributed by atoms with E-state index in [0.717, 1.165) is 6.07 Å². The lowest BCUT2D eigenvalue weighted by Gasteiger charge is -2.07. The highest BCUT2D eigenvalue weighted by atomic mass is 32.2. The van der Waals surface area contributed by atoms with Crippen molar-refractivity contribution in [3.63, 3.8) is 0 Å². The summed E-state index contributed by atoms with van der Waals surface area (Å²) in [6, 6.07) is 10.7. The van der Waals surface area contributed by atoms with Crippen molar-refractivity contribution in [3.05, 3.63) is 54.1 Å². The number of rotatable bonds is 6. The minimum absolute atomic E-state index is 0.0214.